The Kier molecular flexibility index (Phi) is 7.72. The third kappa shape index (κ3) is 5.79. The highest BCUT2D eigenvalue weighted by Gasteiger charge is 2.32. The Morgan fingerprint density at radius 2 is 1.24 bits per heavy atom. The number of methoxy groups -OCH3 is 2. The van der Waals surface area contributed by atoms with Crippen molar-refractivity contribution < 1.29 is 23.4 Å². The van der Waals surface area contributed by atoms with Gasteiger partial charge in [0, 0.05) is 27.1 Å². The molecular weight excluding hydrogens is 222 g/mol. The number of nitrogens with zero attached hydrogens (tertiary/aromatic N) is 1. The highest BCUT2D eigenvalue weighted by atomic mass is 16.5. The molecular formula is C12H26NO4+. The van der Waals surface area contributed by atoms with Gasteiger partial charge in [-0.3, -0.25) is 4.48 Å². The molecule has 0 aromatic rings. The van der Waals surface area contributed by atoms with Gasteiger partial charge in [-0.2, -0.15) is 0 Å². The van der Waals surface area contributed by atoms with Crippen molar-refractivity contribution in [1.82, 2.24) is 0 Å². The molecule has 1 fully saturated rings. The molecule has 0 radical (unpaired) electrons. The van der Waals surface area contributed by atoms with E-state index in [9.17, 15) is 0 Å². The lowest BCUT2D eigenvalue weighted by atomic mass is 10.4. The summed E-state index contributed by atoms with van der Waals surface area (Å²) in [6, 6.07) is 0. The molecule has 1 heterocycles. The standard InChI is InChI=1S/C12H26NO4/c1-14-7-9-16-11-13(5-3-4-6-13)12-17-10-8-15-2/h3-12H2,1-2H3/q+1. The summed E-state index contributed by atoms with van der Waals surface area (Å²) in [7, 11) is 3.38. The second kappa shape index (κ2) is 8.83. The average Bonchev–Trinajstić information content (AvgIpc) is 2.80. The maximum absolute atomic E-state index is 5.65. The van der Waals surface area contributed by atoms with E-state index in [2.05, 4.69) is 0 Å². The van der Waals surface area contributed by atoms with E-state index in [1.54, 1.807) is 14.2 Å². The topological polar surface area (TPSA) is 36.9 Å². The van der Waals surface area contributed by atoms with Gasteiger partial charge in [-0.25, -0.2) is 0 Å². The number of rotatable bonds is 10. The van der Waals surface area contributed by atoms with Gasteiger partial charge >= 0.3 is 0 Å². The predicted octanol–water partition coefficient (Wildman–Crippen LogP) is 0.838. The van der Waals surface area contributed by atoms with Gasteiger partial charge in [-0.15, -0.1) is 0 Å². The number of quaternary nitrogens is 1. The van der Waals surface area contributed by atoms with Crippen molar-refractivity contribution in [3.05, 3.63) is 0 Å². The SMILES string of the molecule is COCCOC[N+]1(COCCOC)CCCC1. The Morgan fingerprint density at radius 3 is 1.65 bits per heavy atom. The Bertz CT molecular complexity index is 169. The summed E-state index contributed by atoms with van der Waals surface area (Å²) >= 11 is 0. The van der Waals surface area contributed by atoms with E-state index in [4.69, 9.17) is 18.9 Å². The van der Waals surface area contributed by atoms with Crippen LogP contribution in [-0.4, -0.2) is 71.7 Å². The first-order valence-corrected chi connectivity index (χ1v) is 6.31. The molecule has 0 saturated carbocycles. The highest BCUT2D eigenvalue weighted by molar-refractivity contribution is 4.50. The third-order valence-corrected chi connectivity index (χ3v) is 3.11. The van der Waals surface area contributed by atoms with Gasteiger partial charge < -0.3 is 18.9 Å². The van der Waals surface area contributed by atoms with E-state index in [1.807, 2.05) is 0 Å². The fourth-order valence-corrected chi connectivity index (χ4v) is 2.10. The lowest BCUT2D eigenvalue weighted by molar-refractivity contribution is -0.952. The quantitative estimate of drug-likeness (QED) is 0.424. The minimum atomic E-state index is 0.657. The van der Waals surface area contributed by atoms with Crippen LogP contribution in [-0.2, 0) is 18.9 Å². The summed E-state index contributed by atoms with van der Waals surface area (Å²) in [6.07, 6.45) is 2.53. The van der Waals surface area contributed by atoms with E-state index in [-0.39, 0.29) is 0 Å². The first-order valence-electron chi connectivity index (χ1n) is 6.31. The Morgan fingerprint density at radius 1 is 0.765 bits per heavy atom. The third-order valence-electron chi connectivity index (χ3n) is 3.11. The zero-order valence-corrected chi connectivity index (χ0v) is 11.2. The van der Waals surface area contributed by atoms with Gasteiger partial charge in [0.25, 0.3) is 0 Å². The van der Waals surface area contributed by atoms with Crippen LogP contribution in [0.3, 0.4) is 0 Å². The van der Waals surface area contributed by atoms with Crippen LogP contribution in [0.2, 0.25) is 0 Å². The van der Waals surface area contributed by atoms with E-state index in [0.717, 1.165) is 31.0 Å². The number of likely N-dealkylation sites (tertiary alicyclic amines) is 1. The minimum Gasteiger partial charge on any atom is -0.382 e. The van der Waals surface area contributed by atoms with Gasteiger partial charge in [-0.1, -0.05) is 0 Å². The molecule has 1 rings (SSSR count). The lowest BCUT2D eigenvalue weighted by Gasteiger charge is -2.32. The molecule has 0 aliphatic carbocycles. The van der Waals surface area contributed by atoms with Gasteiger partial charge in [0.05, 0.1) is 39.5 Å². The van der Waals surface area contributed by atoms with Crippen molar-refractivity contribution in [2.24, 2.45) is 0 Å². The Balaban J connectivity index is 2.19. The van der Waals surface area contributed by atoms with Crippen molar-refractivity contribution in [2.75, 3.05) is 67.2 Å². The van der Waals surface area contributed by atoms with Crippen molar-refractivity contribution in [1.29, 1.82) is 0 Å². The van der Waals surface area contributed by atoms with Crippen molar-refractivity contribution in [2.45, 2.75) is 12.8 Å². The summed E-state index contributed by atoms with van der Waals surface area (Å²) in [5.74, 6) is 0. The molecule has 0 unspecified atom stereocenters. The second-order valence-electron chi connectivity index (χ2n) is 4.56. The van der Waals surface area contributed by atoms with Crippen molar-refractivity contribution in [3.8, 4) is 0 Å². The summed E-state index contributed by atoms with van der Waals surface area (Å²) in [5, 5.41) is 0. The molecule has 0 spiro atoms. The van der Waals surface area contributed by atoms with Crippen LogP contribution in [0.4, 0.5) is 0 Å². The van der Waals surface area contributed by atoms with E-state index >= 15 is 0 Å². The van der Waals surface area contributed by atoms with Gasteiger partial charge in [-0.05, 0) is 0 Å². The zero-order valence-electron chi connectivity index (χ0n) is 11.2. The molecule has 5 nitrogen and oxygen atoms in total. The first kappa shape index (κ1) is 14.9. The monoisotopic (exact) mass is 248 g/mol. The summed E-state index contributed by atoms with van der Waals surface area (Å²) in [5.41, 5.74) is 0. The van der Waals surface area contributed by atoms with Crippen molar-refractivity contribution in [3.63, 3.8) is 0 Å². The zero-order chi connectivity index (χ0) is 12.4. The molecule has 0 aromatic carbocycles. The smallest absolute Gasteiger partial charge is 0.185 e. The summed E-state index contributed by atoms with van der Waals surface area (Å²) in [4.78, 5) is 0. The molecule has 0 N–H and O–H groups in total. The van der Waals surface area contributed by atoms with E-state index < -0.39 is 0 Å². The normalized spacial score (nSPS) is 18.7. The first-order chi connectivity index (χ1) is 8.33. The molecule has 102 valence electrons. The van der Waals surface area contributed by atoms with E-state index in [1.165, 1.54) is 12.8 Å². The summed E-state index contributed by atoms with van der Waals surface area (Å²) < 4.78 is 22.2. The minimum absolute atomic E-state index is 0.657. The van der Waals surface area contributed by atoms with Crippen LogP contribution in [0.15, 0.2) is 0 Å². The maximum atomic E-state index is 5.65. The molecule has 17 heavy (non-hydrogen) atoms. The van der Waals surface area contributed by atoms with Gasteiger partial charge in [0.15, 0.2) is 13.5 Å². The maximum Gasteiger partial charge on any atom is 0.185 e. The average molecular weight is 248 g/mol. The molecule has 1 saturated heterocycles. The molecule has 0 atom stereocenters. The fraction of sp³-hybridized carbons (Fsp3) is 1.00. The fourth-order valence-electron chi connectivity index (χ4n) is 2.10. The van der Waals surface area contributed by atoms with Crippen molar-refractivity contribution >= 4 is 0 Å². The highest BCUT2D eigenvalue weighted by Crippen LogP contribution is 2.19. The number of ether oxygens (including phenoxy) is 4. The van der Waals surface area contributed by atoms with Crippen LogP contribution < -0.4 is 0 Å². The predicted molar refractivity (Wildman–Crippen MR) is 64.6 cm³/mol. The van der Waals surface area contributed by atoms with Crippen LogP contribution in [0.1, 0.15) is 12.8 Å². The van der Waals surface area contributed by atoms with Crippen LogP contribution in [0.25, 0.3) is 0 Å². The lowest BCUT2D eigenvalue weighted by Crippen LogP contribution is -2.49. The van der Waals surface area contributed by atoms with Crippen LogP contribution in [0.5, 0.6) is 0 Å². The van der Waals surface area contributed by atoms with E-state index in [0.29, 0.717) is 26.4 Å². The second-order valence-corrected chi connectivity index (χ2v) is 4.56. The Labute approximate surface area is 104 Å². The van der Waals surface area contributed by atoms with Gasteiger partial charge in [0.2, 0.25) is 0 Å². The molecule has 5 heteroatoms. The Hall–Kier alpha value is -0.200. The number of hydrogen-bond acceptors (Lipinski definition) is 4. The molecule has 0 aromatic heterocycles. The largest absolute Gasteiger partial charge is 0.382 e. The molecule has 1 aliphatic heterocycles. The van der Waals surface area contributed by atoms with Crippen LogP contribution >= 0.6 is 0 Å². The van der Waals surface area contributed by atoms with Crippen LogP contribution in [0, 0.1) is 0 Å². The number of hydrogen-bond donors (Lipinski definition) is 0. The molecule has 0 amide bonds. The van der Waals surface area contributed by atoms with Gasteiger partial charge in [0.1, 0.15) is 0 Å². The molecule has 0 bridgehead atoms. The molecule has 1 aliphatic rings. The summed E-state index contributed by atoms with van der Waals surface area (Å²) in [6.45, 7) is 6.41.